The number of nitrogens with zero attached hydrogens (tertiary/aromatic N) is 3. The molecule has 0 saturated carbocycles. The zero-order valence-electron chi connectivity index (χ0n) is 19.6. The van der Waals surface area contributed by atoms with E-state index in [1.165, 1.54) is 0 Å². The van der Waals surface area contributed by atoms with Crippen LogP contribution in [0, 0.1) is 0 Å². The number of methoxy groups -OCH3 is 1. The van der Waals surface area contributed by atoms with Crippen molar-refractivity contribution in [2.45, 2.75) is 31.5 Å². The molecule has 0 bridgehead atoms. The molecule has 35 heavy (non-hydrogen) atoms. The van der Waals surface area contributed by atoms with Crippen LogP contribution < -0.4 is 10.5 Å². The Kier molecular flexibility index (Phi) is 6.33. The van der Waals surface area contributed by atoms with Crippen LogP contribution in [0.25, 0.3) is 0 Å². The summed E-state index contributed by atoms with van der Waals surface area (Å²) in [6.07, 6.45) is 1.10. The Morgan fingerprint density at radius 3 is 2.31 bits per heavy atom. The van der Waals surface area contributed by atoms with Crippen molar-refractivity contribution in [3.8, 4) is 5.75 Å². The van der Waals surface area contributed by atoms with E-state index in [0.29, 0.717) is 19.4 Å². The third-order valence-corrected chi connectivity index (χ3v) is 6.79. The summed E-state index contributed by atoms with van der Waals surface area (Å²) in [5.74, 6) is 0.168. The molecule has 0 fully saturated rings. The Hall–Kier alpha value is -3.97. The highest BCUT2D eigenvalue weighted by Crippen LogP contribution is 2.34. The standard InChI is InChI=1S/C28H28N4O3/c1-35-23-13-11-20(12-14-23)25-16-24(19-7-3-2-4-8-19)30-32(25)27(33)18-31-17-22-10-6-5-9-21(22)15-26(31)28(29)34/h2-14,25-26H,15-18H2,1H3,(H2,29,34)/t25?,26-/m1/s1. The minimum absolute atomic E-state index is 0.0557. The minimum atomic E-state index is -0.534. The predicted molar refractivity (Wildman–Crippen MR) is 134 cm³/mol. The largest absolute Gasteiger partial charge is 0.497 e. The van der Waals surface area contributed by atoms with E-state index in [1.54, 1.807) is 12.1 Å². The van der Waals surface area contributed by atoms with Crippen LogP contribution >= 0.6 is 0 Å². The van der Waals surface area contributed by atoms with E-state index < -0.39 is 11.9 Å². The molecule has 2 aliphatic rings. The summed E-state index contributed by atoms with van der Waals surface area (Å²) in [5, 5.41) is 6.34. The minimum Gasteiger partial charge on any atom is -0.497 e. The van der Waals surface area contributed by atoms with Gasteiger partial charge in [0, 0.05) is 13.0 Å². The maximum Gasteiger partial charge on any atom is 0.257 e. The molecule has 0 saturated heterocycles. The molecule has 3 aromatic carbocycles. The van der Waals surface area contributed by atoms with Gasteiger partial charge in [-0.3, -0.25) is 14.5 Å². The van der Waals surface area contributed by atoms with Gasteiger partial charge in [0.05, 0.1) is 31.4 Å². The molecule has 0 aromatic heterocycles. The molecule has 2 heterocycles. The molecule has 0 aliphatic carbocycles. The maximum atomic E-state index is 13.7. The average Bonchev–Trinajstić information content (AvgIpc) is 3.34. The number of nitrogens with two attached hydrogens (primary N) is 1. The van der Waals surface area contributed by atoms with Gasteiger partial charge in [-0.1, -0.05) is 66.7 Å². The predicted octanol–water partition coefficient (Wildman–Crippen LogP) is 3.29. The van der Waals surface area contributed by atoms with Crippen LogP contribution in [-0.2, 0) is 22.6 Å². The van der Waals surface area contributed by atoms with E-state index in [2.05, 4.69) is 0 Å². The van der Waals surface area contributed by atoms with E-state index in [0.717, 1.165) is 33.7 Å². The van der Waals surface area contributed by atoms with Crippen LogP contribution in [0.5, 0.6) is 5.75 Å². The molecule has 2 N–H and O–H groups in total. The van der Waals surface area contributed by atoms with Crippen LogP contribution in [0.15, 0.2) is 84.0 Å². The van der Waals surface area contributed by atoms with Crippen LogP contribution in [0.1, 0.15) is 34.7 Å². The number of ether oxygens (including phenoxy) is 1. The van der Waals surface area contributed by atoms with Gasteiger partial charge in [-0.25, -0.2) is 5.01 Å². The van der Waals surface area contributed by atoms with Crippen molar-refractivity contribution in [3.05, 3.63) is 101 Å². The lowest BCUT2D eigenvalue weighted by molar-refractivity contribution is -0.136. The Labute approximate surface area is 204 Å². The van der Waals surface area contributed by atoms with E-state index in [-0.39, 0.29) is 18.5 Å². The summed E-state index contributed by atoms with van der Waals surface area (Å²) >= 11 is 0. The lowest BCUT2D eigenvalue weighted by Crippen LogP contribution is -2.51. The Balaban J connectivity index is 1.43. The molecule has 2 atom stereocenters. The molecule has 178 valence electrons. The van der Waals surface area contributed by atoms with Crippen LogP contribution in [0.4, 0.5) is 0 Å². The maximum absolute atomic E-state index is 13.7. The molecule has 5 rings (SSSR count). The van der Waals surface area contributed by atoms with Crippen molar-refractivity contribution in [1.82, 2.24) is 9.91 Å². The third kappa shape index (κ3) is 4.68. The topological polar surface area (TPSA) is 88.2 Å². The summed E-state index contributed by atoms with van der Waals surface area (Å²) in [6.45, 7) is 0.548. The number of carbonyl (C=O) groups is 2. The average molecular weight is 469 g/mol. The summed E-state index contributed by atoms with van der Waals surface area (Å²) in [4.78, 5) is 27.8. The lowest BCUT2D eigenvalue weighted by Gasteiger charge is -2.35. The molecule has 0 radical (unpaired) electrons. The van der Waals surface area contributed by atoms with Crippen molar-refractivity contribution in [2.75, 3.05) is 13.7 Å². The van der Waals surface area contributed by atoms with Crippen molar-refractivity contribution in [2.24, 2.45) is 10.8 Å². The van der Waals surface area contributed by atoms with E-state index in [9.17, 15) is 9.59 Å². The second-order valence-corrected chi connectivity index (χ2v) is 8.94. The number of rotatable bonds is 6. The fourth-order valence-corrected chi connectivity index (χ4v) is 4.90. The molecule has 7 nitrogen and oxygen atoms in total. The van der Waals surface area contributed by atoms with E-state index in [4.69, 9.17) is 15.6 Å². The quantitative estimate of drug-likeness (QED) is 0.601. The second-order valence-electron chi connectivity index (χ2n) is 8.94. The van der Waals surface area contributed by atoms with Gasteiger partial charge >= 0.3 is 0 Å². The summed E-state index contributed by atoms with van der Waals surface area (Å²) < 4.78 is 5.30. The van der Waals surface area contributed by atoms with Crippen molar-refractivity contribution in [3.63, 3.8) is 0 Å². The molecular weight excluding hydrogens is 440 g/mol. The van der Waals surface area contributed by atoms with Crippen molar-refractivity contribution >= 4 is 17.5 Å². The summed E-state index contributed by atoms with van der Waals surface area (Å²) in [7, 11) is 1.63. The zero-order chi connectivity index (χ0) is 24.4. The Bertz CT molecular complexity index is 1260. The van der Waals surface area contributed by atoms with Crippen LogP contribution in [-0.4, -0.2) is 47.1 Å². The zero-order valence-corrected chi connectivity index (χ0v) is 19.6. The monoisotopic (exact) mass is 468 g/mol. The van der Waals surface area contributed by atoms with Crippen molar-refractivity contribution < 1.29 is 14.3 Å². The van der Waals surface area contributed by atoms with Crippen LogP contribution in [0.3, 0.4) is 0 Å². The molecule has 0 spiro atoms. The van der Waals surface area contributed by atoms with Gasteiger partial charge in [0.25, 0.3) is 5.91 Å². The first-order chi connectivity index (χ1) is 17.0. The Morgan fingerprint density at radius 1 is 0.943 bits per heavy atom. The number of carbonyl (C=O) groups excluding carboxylic acids is 2. The van der Waals surface area contributed by atoms with E-state index >= 15 is 0 Å². The Morgan fingerprint density at radius 2 is 1.63 bits per heavy atom. The lowest BCUT2D eigenvalue weighted by atomic mass is 9.93. The normalized spacial score (nSPS) is 19.7. The molecule has 2 aliphatic heterocycles. The van der Waals surface area contributed by atoms with Gasteiger partial charge in [0.2, 0.25) is 5.91 Å². The van der Waals surface area contributed by atoms with Gasteiger partial charge in [-0.05, 0) is 40.8 Å². The fraction of sp³-hybridized carbons (Fsp3) is 0.250. The number of fused-ring (bicyclic) bond motifs is 1. The molecule has 7 heteroatoms. The third-order valence-electron chi connectivity index (χ3n) is 6.79. The number of hydrogen-bond donors (Lipinski definition) is 1. The van der Waals surface area contributed by atoms with Gasteiger partial charge in [0.1, 0.15) is 5.75 Å². The smallest absolute Gasteiger partial charge is 0.257 e. The molecular formula is C28H28N4O3. The highest BCUT2D eigenvalue weighted by molar-refractivity contribution is 6.03. The van der Waals surface area contributed by atoms with Crippen LogP contribution in [0.2, 0.25) is 0 Å². The van der Waals surface area contributed by atoms with Gasteiger partial charge in [-0.15, -0.1) is 0 Å². The summed E-state index contributed by atoms with van der Waals surface area (Å²) in [5.41, 5.74) is 10.8. The van der Waals surface area contributed by atoms with Crippen molar-refractivity contribution in [1.29, 1.82) is 0 Å². The first kappa shape index (κ1) is 22.8. The second kappa shape index (κ2) is 9.72. The fourth-order valence-electron chi connectivity index (χ4n) is 4.90. The first-order valence-corrected chi connectivity index (χ1v) is 11.7. The summed E-state index contributed by atoms with van der Waals surface area (Å²) in [6, 6.07) is 24.8. The number of benzene rings is 3. The van der Waals surface area contributed by atoms with Gasteiger partial charge in [-0.2, -0.15) is 5.10 Å². The number of hydrazone groups is 1. The number of amides is 2. The van der Waals surface area contributed by atoms with Gasteiger partial charge < -0.3 is 10.5 Å². The molecule has 2 amide bonds. The molecule has 1 unspecified atom stereocenters. The van der Waals surface area contributed by atoms with Gasteiger partial charge in [0.15, 0.2) is 0 Å². The number of primary amides is 1. The first-order valence-electron chi connectivity index (χ1n) is 11.7. The highest BCUT2D eigenvalue weighted by Gasteiger charge is 2.37. The highest BCUT2D eigenvalue weighted by atomic mass is 16.5. The number of hydrogen-bond acceptors (Lipinski definition) is 5. The SMILES string of the molecule is COc1ccc(C2CC(c3ccccc3)=NN2C(=O)CN2Cc3ccccc3C[C@@H]2C(N)=O)cc1. The molecule has 3 aromatic rings. The van der Waals surface area contributed by atoms with E-state index in [1.807, 2.05) is 83.8 Å².